The number of hydrogen-bond acceptors (Lipinski definition) is 4. The van der Waals surface area contributed by atoms with Crippen LogP contribution in [0.3, 0.4) is 0 Å². The molecule has 0 bridgehead atoms. The highest BCUT2D eigenvalue weighted by Gasteiger charge is 2.24. The molecule has 2 heterocycles. The van der Waals surface area contributed by atoms with E-state index in [2.05, 4.69) is 16.3 Å². The molecule has 1 aliphatic rings. The third-order valence-corrected chi connectivity index (χ3v) is 5.90. The molecule has 140 valence electrons. The van der Waals surface area contributed by atoms with Gasteiger partial charge in [-0.05, 0) is 25.2 Å². The predicted octanol–water partition coefficient (Wildman–Crippen LogP) is 3.05. The Morgan fingerprint density at radius 1 is 1.19 bits per heavy atom. The first-order chi connectivity index (χ1) is 12.6. The standard InChI is InChI=1S/C20H26FN3OS/c1-15(13-22-2)20(25)24-11-9-23(10-12-24)14-16-7-8-19(26-16)17-5-3-4-6-18(17)21/h3-8,15,22H,9-14H2,1-2H3. The zero-order chi connectivity index (χ0) is 18.5. The van der Waals surface area contributed by atoms with Gasteiger partial charge in [-0.25, -0.2) is 4.39 Å². The summed E-state index contributed by atoms with van der Waals surface area (Å²) in [5, 5.41) is 3.07. The number of thiophene rings is 1. The van der Waals surface area contributed by atoms with Gasteiger partial charge >= 0.3 is 0 Å². The van der Waals surface area contributed by atoms with Gasteiger partial charge in [-0.3, -0.25) is 9.69 Å². The fourth-order valence-corrected chi connectivity index (χ4v) is 4.40. The zero-order valence-corrected chi connectivity index (χ0v) is 16.2. The van der Waals surface area contributed by atoms with Crippen LogP contribution < -0.4 is 5.32 Å². The third-order valence-electron chi connectivity index (χ3n) is 4.80. The highest BCUT2D eigenvalue weighted by Crippen LogP contribution is 2.30. The second kappa shape index (κ2) is 8.75. The predicted molar refractivity (Wildman–Crippen MR) is 105 cm³/mol. The van der Waals surface area contributed by atoms with E-state index in [0.29, 0.717) is 12.1 Å². The number of nitrogens with zero attached hydrogens (tertiary/aromatic N) is 2. The Balaban J connectivity index is 1.54. The van der Waals surface area contributed by atoms with Gasteiger partial charge in [-0.2, -0.15) is 0 Å². The number of carbonyl (C=O) groups is 1. The number of rotatable bonds is 6. The van der Waals surface area contributed by atoms with Gasteiger partial charge in [-0.1, -0.05) is 25.1 Å². The molecule has 1 unspecified atom stereocenters. The average molecular weight is 376 g/mol. The molecule has 3 rings (SSSR count). The number of amides is 1. The van der Waals surface area contributed by atoms with Gasteiger partial charge in [0, 0.05) is 60.5 Å². The molecule has 1 aliphatic heterocycles. The second-order valence-electron chi connectivity index (χ2n) is 6.81. The fraction of sp³-hybridized carbons (Fsp3) is 0.450. The molecule has 0 saturated carbocycles. The van der Waals surface area contributed by atoms with E-state index in [9.17, 15) is 9.18 Å². The number of hydrogen-bond donors (Lipinski definition) is 1. The van der Waals surface area contributed by atoms with Gasteiger partial charge in [0.15, 0.2) is 0 Å². The highest BCUT2D eigenvalue weighted by molar-refractivity contribution is 7.15. The summed E-state index contributed by atoms with van der Waals surface area (Å²) in [6.07, 6.45) is 0. The monoisotopic (exact) mass is 375 g/mol. The molecule has 0 spiro atoms. The summed E-state index contributed by atoms with van der Waals surface area (Å²) in [4.78, 5) is 18.9. The molecule has 26 heavy (non-hydrogen) atoms. The van der Waals surface area contributed by atoms with Crippen molar-refractivity contribution in [3.63, 3.8) is 0 Å². The lowest BCUT2D eigenvalue weighted by molar-refractivity contribution is -0.136. The molecule has 1 fully saturated rings. The van der Waals surface area contributed by atoms with E-state index in [1.165, 1.54) is 10.9 Å². The third kappa shape index (κ3) is 4.50. The van der Waals surface area contributed by atoms with Crippen LogP contribution in [0.5, 0.6) is 0 Å². The van der Waals surface area contributed by atoms with E-state index in [4.69, 9.17) is 0 Å². The number of halogens is 1. The normalized spacial score (nSPS) is 16.7. The van der Waals surface area contributed by atoms with Crippen molar-refractivity contribution < 1.29 is 9.18 Å². The highest BCUT2D eigenvalue weighted by atomic mass is 32.1. The van der Waals surface area contributed by atoms with Gasteiger partial charge in [0.05, 0.1) is 0 Å². The molecule has 0 aliphatic carbocycles. The molecule has 1 aromatic heterocycles. The SMILES string of the molecule is CNCC(C)C(=O)N1CCN(Cc2ccc(-c3ccccc3F)s2)CC1. The zero-order valence-electron chi connectivity index (χ0n) is 15.4. The van der Waals surface area contributed by atoms with Crippen molar-refractivity contribution in [2.45, 2.75) is 13.5 Å². The number of carbonyl (C=O) groups excluding carboxylic acids is 1. The summed E-state index contributed by atoms with van der Waals surface area (Å²) >= 11 is 1.64. The van der Waals surface area contributed by atoms with Crippen molar-refractivity contribution in [3.05, 3.63) is 47.1 Å². The van der Waals surface area contributed by atoms with Crippen LogP contribution in [0.4, 0.5) is 4.39 Å². The van der Waals surface area contributed by atoms with Crippen LogP contribution >= 0.6 is 11.3 Å². The molecule has 1 aromatic carbocycles. The van der Waals surface area contributed by atoms with E-state index >= 15 is 0 Å². The van der Waals surface area contributed by atoms with Crippen LogP contribution in [-0.2, 0) is 11.3 Å². The Morgan fingerprint density at radius 2 is 1.92 bits per heavy atom. The van der Waals surface area contributed by atoms with Gasteiger partial charge in [0.2, 0.25) is 5.91 Å². The molecule has 2 aromatic rings. The smallest absolute Gasteiger partial charge is 0.226 e. The first kappa shape index (κ1) is 19.0. The quantitative estimate of drug-likeness (QED) is 0.843. The number of piperazine rings is 1. The van der Waals surface area contributed by atoms with Gasteiger partial charge in [0.25, 0.3) is 0 Å². The summed E-state index contributed by atoms with van der Waals surface area (Å²) in [7, 11) is 1.87. The maximum atomic E-state index is 13.9. The maximum absolute atomic E-state index is 13.9. The summed E-state index contributed by atoms with van der Waals surface area (Å²) in [6.45, 7) is 6.86. The van der Waals surface area contributed by atoms with Gasteiger partial charge in [0.1, 0.15) is 5.82 Å². The number of benzene rings is 1. The minimum absolute atomic E-state index is 0.0205. The lowest BCUT2D eigenvalue weighted by Crippen LogP contribution is -2.50. The summed E-state index contributed by atoms with van der Waals surface area (Å²) < 4.78 is 13.9. The molecule has 0 radical (unpaired) electrons. The maximum Gasteiger partial charge on any atom is 0.226 e. The summed E-state index contributed by atoms with van der Waals surface area (Å²) in [6, 6.07) is 11.0. The summed E-state index contributed by atoms with van der Waals surface area (Å²) in [5.41, 5.74) is 0.665. The minimum atomic E-state index is -0.177. The molecule has 1 atom stereocenters. The van der Waals surface area contributed by atoms with Crippen LogP contribution in [0.2, 0.25) is 0 Å². The molecular weight excluding hydrogens is 349 g/mol. The van der Waals surface area contributed by atoms with Crippen LogP contribution in [0.15, 0.2) is 36.4 Å². The van der Waals surface area contributed by atoms with Crippen molar-refractivity contribution in [2.75, 3.05) is 39.8 Å². The van der Waals surface area contributed by atoms with E-state index in [-0.39, 0.29) is 17.6 Å². The van der Waals surface area contributed by atoms with E-state index < -0.39 is 0 Å². The lowest BCUT2D eigenvalue weighted by atomic mass is 10.1. The van der Waals surface area contributed by atoms with Crippen molar-refractivity contribution in [1.82, 2.24) is 15.1 Å². The lowest BCUT2D eigenvalue weighted by Gasteiger charge is -2.35. The molecule has 1 N–H and O–H groups in total. The number of nitrogens with one attached hydrogen (secondary N) is 1. The Labute approximate surface area is 158 Å². The Hall–Kier alpha value is -1.76. The van der Waals surface area contributed by atoms with E-state index in [0.717, 1.165) is 37.6 Å². The van der Waals surface area contributed by atoms with Gasteiger partial charge in [-0.15, -0.1) is 11.3 Å². The first-order valence-electron chi connectivity index (χ1n) is 9.08. The largest absolute Gasteiger partial charge is 0.340 e. The van der Waals surface area contributed by atoms with Crippen LogP contribution in [0, 0.1) is 11.7 Å². The Morgan fingerprint density at radius 3 is 2.62 bits per heavy atom. The molecule has 6 heteroatoms. The van der Waals surface area contributed by atoms with Crippen LogP contribution in [-0.4, -0.2) is 55.5 Å². The van der Waals surface area contributed by atoms with E-state index in [1.54, 1.807) is 17.4 Å². The van der Waals surface area contributed by atoms with Crippen molar-refractivity contribution in [2.24, 2.45) is 5.92 Å². The Kier molecular flexibility index (Phi) is 6.40. The average Bonchev–Trinajstić information content (AvgIpc) is 3.10. The first-order valence-corrected chi connectivity index (χ1v) is 9.89. The summed E-state index contributed by atoms with van der Waals surface area (Å²) in [5.74, 6) is 0.0767. The fourth-order valence-electron chi connectivity index (χ4n) is 3.32. The van der Waals surface area contributed by atoms with Crippen molar-refractivity contribution in [1.29, 1.82) is 0 Å². The van der Waals surface area contributed by atoms with Crippen LogP contribution in [0.25, 0.3) is 10.4 Å². The van der Waals surface area contributed by atoms with Crippen molar-refractivity contribution in [3.8, 4) is 10.4 Å². The van der Waals surface area contributed by atoms with Crippen LogP contribution in [0.1, 0.15) is 11.8 Å². The van der Waals surface area contributed by atoms with Crippen molar-refractivity contribution >= 4 is 17.2 Å². The second-order valence-corrected chi connectivity index (χ2v) is 7.97. The van der Waals surface area contributed by atoms with Gasteiger partial charge < -0.3 is 10.2 Å². The van der Waals surface area contributed by atoms with E-state index in [1.807, 2.05) is 37.1 Å². The Bertz CT molecular complexity index is 740. The minimum Gasteiger partial charge on any atom is -0.340 e. The molecule has 1 saturated heterocycles. The molecule has 4 nitrogen and oxygen atoms in total. The molecule has 1 amide bonds. The topological polar surface area (TPSA) is 35.6 Å². The molecular formula is C20H26FN3OS.